The van der Waals surface area contributed by atoms with Gasteiger partial charge in [-0.2, -0.15) is 0 Å². The number of carbonyl (C=O) groups is 2. The van der Waals surface area contributed by atoms with E-state index in [1.54, 1.807) is 4.90 Å². The van der Waals surface area contributed by atoms with Crippen LogP contribution in [0.4, 0.5) is 0 Å². The largest absolute Gasteiger partial charge is 0.338 e. The van der Waals surface area contributed by atoms with Crippen LogP contribution in [-0.2, 0) is 19.4 Å². The summed E-state index contributed by atoms with van der Waals surface area (Å²) in [6, 6.07) is -0.296. The quantitative estimate of drug-likeness (QED) is 0.751. The molecule has 136 valence electrons. The van der Waals surface area contributed by atoms with Gasteiger partial charge in [-0.15, -0.1) is 0 Å². The summed E-state index contributed by atoms with van der Waals surface area (Å²) in [6.45, 7) is 2.97. The van der Waals surface area contributed by atoms with E-state index in [2.05, 4.69) is 0 Å². The third-order valence-corrected chi connectivity index (χ3v) is 7.35. The van der Waals surface area contributed by atoms with Gasteiger partial charge in [0.2, 0.25) is 11.8 Å². The molecule has 0 radical (unpaired) electrons. The molecule has 3 fully saturated rings. The topological polar surface area (TPSA) is 101 Å². The van der Waals surface area contributed by atoms with Crippen LogP contribution in [0, 0.1) is 5.92 Å². The maximum Gasteiger partial charge on any atom is 0.228 e. The molecule has 0 saturated carbocycles. The number of carbonyl (C=O) groups excluding carboxylic acids is 2. The van der Waals surface area contributed by atoms with Crippen molar-refractivity contribution in [3.8, 4) is 0 Å². The van der Waals surface area contributed by atoms with Gasteiger partial charge in [-0.25, -0.2) is 8.42 Å². The van der Waals surface area contributed by atoms with Gasteiger partial charge in [-0.1, -0.05) is 0 Å². The fourth-order valence-corrected chi connectivity index (χ4v) is 6.01. The Hall–Kier alpha value is -1.15. The van der Waals surface area contributed by atoms with Gasteiger partial charge in [-0.05, 0) is 32.6 Å². The summed E-state index contributed by atoms with van der Waals surface area (Å²) in [6.07, 6.45) is 3.64. The summed E-state index contributed by atoms with van der Waals surface area (Å²) >= 11 is 0. The summed E-state index contributed by atoms with van der Waals surface area (Å²) in [5, 5.41) is 0. The van der Waals surface area contributed by atoms with Crippen LogP contribution in [0.1, 0.15) is 39.0 Å². The number of amides is 2. The van der Waals surface area contributed by atoms with Crippen molar-refractivity contribution in [3.05, 3.63) is 0 Å². The van der Waals surface area contributed by atoms with E-state index >= 15 is 0 Å². The zero-order valence-electron chi connectivity index (χ0n) is 14.2. The Morgan fingerprint density at radius 3 is 2.67 bits per heavy atom. The van der Waals surface area contributed by atoms with E-state index in [-0.39, 0.29) is 53.8 Å². The van der Waals surface area contributed by atoms with E-state index < -0.39 is 9.84 Å². The Morgan fingerprint density at radius 1 is 1.29 bits per heavy atom. The van der Waals surface area contributed by atoms with Crippen molar-refractivity contribution in [3.63, 3.8) is 0 Å². The lowest BCUT2D eigenvalue weighted by Gasteiger charge is -2.39. The van der Waals surface area contributed by atoms with Crippen LogP contribution >= 0.6 is 0 Å². The van der Waals surface area contributed by atoms with Crippen LogP contribution in [0.2, 0.25) is 0 Å². The third kappa shape index (κ3) is 3.44. The Balaban J connectivity index is 1.67. The van der Waals surface area contributed by atoms with Gasteiger partial charge < -0.3 is 15.5 Å². The second-order valence-corrected chi connectivity index (χ2v) is 9.69. The lowest BCUT2D eigenvalue weighted by Crippen LogP contribution is -2.53. The summed E-state index contributed by atoms with van der Waals surface area (Å²) < 4.78 is 23.3. The molecular weight excluding hydrogens is 330 g/mol. The molecule has 3 rings (SSSR count). The number of nitrogens with zero attached hydrogens (tertiary/aromatic N) is 2. The summed E-state index contributed by atoms with van der Waals surface area (Å²) in [7, 11) is -3.04. The zero-order chi connectivity index (χ0) is 17.5. The smallest absolute Gasteiger partial charge is 0.228 e. The monoisotopic (exact) mass is 357 g/mol. The van der Waals surface area contributed by atoms with Gasteiger partial charge in [0.05, 0.1) is 17.4 Å². The van der Waals surface area contributed by atoms with Crippen molar-refractivity contribution < 1.29 is 18.0 Å². The molecule has 24 heavy (non-hydrogen) atoms. The molecule has 0 aromatic carbocycles. The van der Waals surface area contributed by atoms with E-state index in [4.69, 9.17) is 5.73 Å². The number of piperidine rings is 1. The predicted molar refractivity (Wildman–Crippen MR) is 89.9 cm³/mol. The molecule has 8 heteroatoms. The van der Waals surface area contributed by atoms with E-state index in [0.717, 1.165) is 19.3 Å². The fourth-order valence-electron chi connectivity index (χ4n) is 4.28. The third-order valence-electron chi connectivity index (χ3n) is 5.60. The number of hydrogen-bond donors (Lipinski definition) is 1. The maximum absolute atomic E-state index is 12.9. The van der Waals surface area contributed by atoms with Crippen molar-refractivity contribution in [2.45, 2.75) is 57.2 Å². The molecular formula is C16H27N3O4S. The molecule has 3 heterocycles. The second kappa shape index (κ2) is 6.63. The Morgan fingerprint density at radius 2 is 2.04 bits per heavy atom. The van der Waals surface area contributed by atoms with Crippen molar-refractivity contribution in [1.82, 2.24) is 9.80 Å². The number of nitrogens with two attached hydrogens (primary N) is 1. The highest BCUT2D eigenvalue weighted by molar-refractivity contribution is 7.91. The van der Waals surface area contributed by atoms with Crippen molar-refractivity contribution >= 4 is 21.7 Å². The van der Waals surface area contributed by atoms with Gasteiger partial charge in [-0.3, -0.25) is 9.59 Å². The van der Waals surface area contributed by atoms with E-state index in [1.807, 2.05) is 11.8 Å². The highest BCUT2D eigenvalue weighted by Crippen LogP contribution is 2.29. The van der Waals surface area contributed by atoms with E-state index in [9.17, 15) is 18.0 Å². The molecule has 0 bridgehead atoms. The van der Waals surface area contributed by atoms with Crippen LogP contribution < -0.4 is 5.73 Å². The highest BCUT2D eigenvalue weighted by atomic mass is 32.2. The first-order valence-corrected chi connectivity index (χ1v) is 10.7. The normalized spacial score (nSPS) is 34.6. The van der Waals surface area contributed by atoms with Crippen LogP contribution in [-0.4, -0.2) is 72.8 Å². The Bertz CT molecular complexity index is 619. The van der Waals surface area contributed by atoms with E-state index in [1.165, 1.54) is 0 Å². The lowest BCUT2D eigenvalue weighted by molar-refractivity contribution is -0.139. The van der Waals surface area contributed by atoms with Crippen molar-refractivity contribution in [2.75, 3.05) is 24.6 Å². The van der Waals surface area contributed by atoms with E-state index in [0.29, 0.717) is 19.5 Å². The maximum atomic E-state index is 12.9. The molecule has 3 saturated heterocycles. The summed E-state index contributed by atoms with van der Waals surface area (Å²) in [5.74, 6) is -0.274. The van der Waals surface area contributed by atoms with Gasteiger partial charge in [0, 0.05) is 37.6 Å². The molecule has 0 aromatic heterocycles. The van der Waals surface area contributed by atoms with Crippen LogP contribution in [0.15, 0.2) is 0 Å². The first kappa shape index (κ1) is 17.7. The van der Waals surface area contributed by atoms with Gasteiger partial charge in [0.15, 0.2) is 9.84 Å². The molecule has 3 aliphatic heterocycles. The minimum atomic E-state index is -3.04. The highest BCUT2D eigenvalue weighted by Gasteiger charge is 2.44. The Labute approximate surface area is 143 Å². The van der Waals surface area contributed by atoms with Gasteiger partial charge >= 0.3 is 0 Å². The summed E-state index contributed by atoms with van der Waals surface area (Å²) in [5.41, 5.74) is 6.04. The number of rotatable bonds is 3. The zero-order valence-corrected chi connectivity index (χ0v) is 15.0. The summed E-state index contributed by atoms with van der Waals surface area (Å²) in [4.78, 5) is 28.7. The fraction of sp³-hybridized carbons (Fsp3) is 0.875. The van der Waals surface area contributed by atoms with Crippen LogP contribution in [0.5, 0.6) is 0 Å². The Kier molecular flexibility index (Phi) is 4.88. The van der Waals surface area contributed by atoms with Crippen molar-refractivity contribution in [1.29, 1.82) is 0 Å². The predicted octanol–water partition coefficient (Wildman–Crippen LogP) is -0.250. The minimum Gasteiger partial charge on any atom is -0.338 e. The molecule has 7 nitrogen and oxygen atoms in total. The standard InChI is InChI=1S/C16H27N3O4S/c1-11(17)14-4-2-3-6-18(14)16(21)12-8-15(20)19(9-12)13-5-7-24(22,23)10-13/h11-14H,2-10,17H2,1H3. The molecule has 0 spiro atoms. The second-order valence-electron chi connectivity index (χ2n) is 7.46. The SMILES string of the molecule is CC(N)C1CCCCN1C(=O)C1CC(=O)N(C2CCS(=O)(=O)C2)C1. The molecule has 0 aliphatic carbocycles. The number of likely N-dealkylation sites (tertiary alicyclic amines) is 2. The lowest BCUT2D eigenvalue weighted by atomic mass is 9.94. The number of hydrogen-bond acceptors (Lipinski definition) is 5. The van der Waals surface area contributed by atoms with Gasteiger partial charge in [0.25, 0.3) is 0 Å². The number of sulfone groups is 1. The van der Waals surface area contributed by atoms with Crippen LogP contribution in [0.25, 0.3) is 0 Å². The van der Waals surface area contributed by atoms with Crippen LogP contribution in [0.3, 0.4) is 0 Å². The average Bonchev–Trinajstić information content (AvgIpc) is 3.08. The van der Waals surface area contributed by atoms with Crippen molar-refractivity contribution in [2.24, 2.45) is 11.7 Å². The molecule has 0 aromatic rings. The first-order chi connectivity index (χ1) is 11.3. The van der Waals surface area contributed by atoms with Gasteiger partial charge in [0.1, 0.15) is 0 Å². The molecule has 4 atom stereocenters. The first-order valence-electron chi connectivity index (χ1n) is 8.84. The molecule has 2 amide bonds. The minimum absolute atomic E-state index is 0.00806. The molecule has 3 aliphatic rings. The average molecular weight is 357 g/mol. The molecule has 4 unspecified atom stereocenters. The molecule has 2 N–H and O–H groups in total.